The summed E-state index contributed by atoms with van der Waals surface area (Å²) in [6, 6.07) is 10.4. The average Bonchev–Trinajstić information content (AvgIpc) is 2.68. The minimum absolute atomic E-state index is 0.159. The molecule has 0 saturated carbocycles. The molecular formula is C19H20F3N3O3S. The number of primary amides is 1. The number of hydrogen-bond acceptors (Lipinski definition) is 4. The van der Waals surface area contributed by atoms with E-state index in [1.165, 1.54) is 4.31 Å². The van der Waals surface area contributed by atoms with Crippen molar-refractivity contribution in [3.05, 3.63) is 65.2 Å². The van der Waals surface area contributed by atoms with Gasteiger partial charge in [0.15, 0.2) is 0 Å². The Morgan fingerprint density at radius 3 is 2.17 bits per heavy atom. The summed E-state index contributed by atoms with van der Waals surface area (Å²) in [5.41, 5.74) is 5.69. The molecule has 1 aliphatic heterocycles. The van der Waals surface area contributed by atoms with Crippen molar-refractivity contribution in [1.82, 2.24) is 9.21 Å². The summed E-state index contributed by atoms with van der Waals surface area (Å²) in [6.45, 7) is 1.90. The third-order valence-corrected chi connectivity index (χ3v) is 6.68. The molecule has 0 aromatic heterocycles. The fourth-order valence-corrected chi connectivity index (χ4v) is 4.60. The van der Waals surface area contributed by atoms with E-state index >= 15 is 0 Å². The van der Waals surface area contributed by atoms with Crippen LogP contribution in [0.1, 0.15) is 21.5 Å². The standard InChI is InChI=1S/C19H20F3N3O3S/c20-19(21,22)16-4-6-17(7-5-16)29(27,28)25-10-8-24(9-11-25)13-14-2-1-3-15(12-14)18(23)26/h1-7,12H,8-11,13H2,(H2,23,26). The van der Waals surface area contributed by atoms with Crippen LogP contribution in [0.25, 0.3) is 0 Å². The predicted octanol–water partition coefficient (Wildman–Crippen LogP) is 2.31. The van der Waals surface area contributed by atoms with Gasteiger partial charge in [0, 0.05) is 38.3 Å². The van der Waals surface area contributed by atoms with Crippen LogP contribution < -0.4 is 5.73 Å². The second kappa shape index (κ2) is 8.13. The number of nitrogens with zero attached hydrogens (tertiary/aromatic N) is 2. The first-order valence-electron chi connectivity index (χ1n) is 8.86. The highest BCUT2D eigenvalue weighted by Crippen LogP contribution is 2.30. The fourth-order valence-electron chi connectivity index (χ4n) is 3.17. The summed E-state index contributed by atoms with van der Waals surface area (Å²) in [7, 11) is -3.86. The number of halogens is 3. The Bertz CT molecular complexity index is 984. The number of sulfonamides is 1. The Labute approximate surface area is 166 Å². The van der Waals surface area contributed by atoms with Gasteiger partial charge in [-0.2, -0.15) is 17.5 Å². The number of hydrogen-bond donors (Lipinski definition) is 1. The van der Waals surface area contributed by atoms with Gasteiger partial charge in [0.05, 0.1) is 10.5 Å². The smallest absolute Gasteiger partial charge is 0.366 e. The summed E-state index contributed by atoms with van der Waals surface area (Å²) >= 11 is 0. The van der Waals surface area contributed by atoms with Crippen molar-refractivity contribution in [1.29, 1.82) is 0 Å². The Morgan fingerprint density at radius 1 is 1.00 bits per heavy atom. The zero-order valence-electron chi connectivity index (χ0n) is 15.4. The zero-order valence-corrected chi connectivity index (χ0v) is 16.2. The average molecular weight is 427 g/mol. The quantitative estimate of drug-likeness (QED) is 0.794. The molecule has 3 rings (SSSR count). The van der Waals surface area contributed by atoms with Crippen LogP contribution in [0.4, 0.5) is 13.2 Å². The van der Waals surface area contributed by atoms with Crippen LogP contribution in [0.15, 0.2) is 53.4 Å². The van der Waals surface area contributed by atoms with Crippen molar-refractivity contribution in [3.8, 4) is 0 Å². The minimum atomic E-state index is -4.51. The molecular weight excluding hydrogens is 407 g/mol. The monoisotopic (exact) mass is 427 g/mol. The third kappa shape index (κ3) is 4.95. The molecule has 156 valence electrons. The predicted molar refractivity (Wildman–Crippen MR) is 100 cm³/mol. The number of piperazine rings is 1. The van der Waals surface area contributed by atoms with Crippen molar-refractivity contribution in [3.63, 3.8) is 0 Å². The molecule has 6 nitrogen and oxygen atoms in total. The molecule has 0 bridgehead atoms. The van der Waals surface area contributed by atoms with E-state index in [1.807, 2.05) is 11.0 Å². The van der Waals surface area contributed by atoms with Crippen molar-refractivity contribution >= 4 is 15.9 Å². The highest BCUT2D eigenvalue weighted by molar-refractivity contribution is 7.89. The summed E-state index contributed by atoms with van der Waals surface area (Å²) in [5, 5.41) is 0. The molecule has 10 heteroatoms. The van der Waals surface area contributed by atoms with Gasteiger partial charge in [-0.05, 0) is 42.0 Å². The van der Waals surface area contributed by atoms with Crippen LogP contribution in [0, 0.1) is 0 Å². The Kier molecular flexibility index (Phi) is 5.97. The zero-order chi connectivity index (χ0) is 21.2. The van der Waals surface area contributed by atoms with E-state index in [1.54, 1.807) is 18.2 Å². The highest BCUT2D eigenvalue weighted by atomic mass is 32.2. The van der Waals surface area contributed by atoms with Crippen LogP contribution in [0.2, 0.25) is 0 Å². The normalized spacial score (nSPS) is 16.7. The molecule has 2 aromatic carbocycles. The lowest BCUT2D eigenvalue weighted by molar-refractivity contribution is -0.137. The molecule has 2 N–H and O–H groups in total. The molecule has 0 unspecified atom stereocenters. The Balaban J connectivity index is 1.64. The van der Waals surface area contributed by atoms with Crippen molar-refractivity contribution in [2.45, 2.75) is 17.6 Å². The second-order valence-electron chi connectivity index (χ2n) is 6.77. The lowest BCUT2D eigenvalue weighted by Gasteiger charge is -2.34. The van der Waals surface area contributed by atoms with Crippen LogP contribution >= 0.6 is 0 Å². The number of carbonyl (C=O) groups is 1. The molecule has 1 amide bonds. The largest absolute Gasteiger partial charge is 0.416 e. The molecule has 0 spiro atoms. The van der Waals surface area contributed by atoms with E-state index < -0.39 is 27.7 Å². The maximum atomic E-state index is 12.7. The third-order valence-electron chi connectivity index (χ3n) is 4.77. The van der Waals surface area contributed by atoms with Gasteiger partial charge in [0.2, 0.25) is 15.9 Å². The second-order valence-corrected chi connectivity index (χ2v) is 8.70. The van der Waals surface area contributed by atoms with Crippen molar-refractivity contribution < 1.29 is 26.4 Å². The first-order chi connectivity index (χ1) is 13.6. The molecule has 2 aromatic rings. The van der Waals surface area contributed by atoms with E-state index in [4.69, 9.17) is 5.73 Å². The lowest BCUT2D eigenvalue weighted by atomic mass is 10.1. The van der Waals surface area contributed by atoms with Crippen molar-refractivity contribution in [2.75, 3.05) is 26.2 Å². The van der Waals surface area contributed by atoms with Crippen LogP contribution in [-0.2, 0) is 22.7 Å². The highest BCUT2D eigenvalue weighted by Gasteiger charge is 2.32. The number of carbonyl (C=O) groups excluding carboxylic acids is 1. The van der Waals surface area contributed by atoms with Gasteiger partial charge in [-0.3, -0.25) is 9.69 Å². The van der Waals surface area contributed by atoms with Crippen LogP contribution in [-0.4, -0.2) is 49.7 Å². The molecule has 1 heterocycles. The maximum Gasteiger partial charge on any atom is 0.416 e. The molecule has 1 saturated heterocycles. The summed E-state index contributed by atoms with van der Waals surface area (Å²) < 4.78 is 64.7. The molecule has 0 aliphatic carbocycles. The van der Waals surface area contributed by atoms with E-state index in [0.717, 1.165) is 29.8 Å². The van der Waals surface area contributed by atoms with E-state index in [2.05, 4.69) is 0 Å². The SMILES string of the molecule is NC(=O)c1cccc(CN2CCN(S(=O)(=O)c3ccc(C(F)(F)F)cc3)CC2)c1. The first kappa shape index (κ1) is 21.3. The Hall–Kier alpha value is -2.43. The lowest BCUT2D eigenvalue weighted by Crippen LogP contribution is -2.48. The molecule has 0 radical (unpaired) electrons. The van der Waals surface area contributed by atoms with E-state index in [0.29, 0.717) is 25.2 Å². The summed E-state index contributed by atoms with van der Waals surface area (Å²) in [6.07, 6.45) is -4.51. The fraction of sp³-hybridized carbons (Fsp3) is 0.316. The van der Waals surface area contributed by atoms with Gasteiger partial charge in [-0.15, -0.1) is 0 Å². The van der Waals surface area contributed by atoms with Gasteiger partial charge in [0.25, 0.3) is 0 Å². The van der Waals surface area contributed by atoms with Crippen LogP contribution in [0.5, 0.6) is 0 Å². The van der Waals surface area contributed by atoms with Gasteiger partial charge in [0.1, 0.15) is 0 Å². The Morgan fingerprint density at radius 2 is 1.62 bits per heavy atom. The van der Waals surface area contributed by atoms with Gasteiger partial charge in [-0.1, -0.05) is 12.1 Å². The summed E-state index contributed by atoms with van der Waals surface area (Å²) in [4.78, 5) is 13.2. The molecule has 0 atom stereocenters. The topological polar surface area (TPSA) is 83.7 Å². The minimum Gasteiger partial charge on any atom is -0.366 e. The molecule has 29 heavy (non-hydrogen) atoms. The molecule has 1 fully saturated rings. The van der Waals surface area contributed by atoms with Gasteiger partial charge in [-0.25, -0.2) is 8.42 Å². The van der Waals surface area contributed by atoms with Gasteiger partial charge >= 0.3 is 6.18 Å². The number of nitrogens with two attached hydrogens (primary N) is 1. The number of benzene rings is 2. The maximum absolute atomic E-state index is 12.7. The number of amides is 1. The number of alkyl halides is 3. The van der Waals surface area contributed by atoms with Crippen molar-refractivity contribution in [2.24, 2.45) is 5.73 Å². The van der Waals surface area contributed by atoms with E-state index in [-0.39, 0.29) is 18.0 Å². The van der Waals surface area contributed by atoms with E-state index in [9.17, 15) is 26.4 Å². The van der Waals surface area contributed by atoms with Crippen LogP contribution in [0.3, 0.4) is 0 Å². The molecule has 1 aliphatic rings. The van der Waals surface area contributed by atoms with Gasteiger partial charge < -0.3 is 5.73 Å². The number of rotatable bonds is 5. The summed E-state index contributed by atoms with van der Waals surface area (Å²) in [5.74, 6) is -0.515. The first-order valence-corrected chi connectivity index (χ1v) is 10.3.